The van der Waals surface area contributed by atoms with Crippen LogP contribution in [0.4, 0.5) is 0 Å². The van der Waals surface area contributed by atoms with Crippen LogP contribution in [0.1, 0.15) is 26.4 Å². The highest BCUT2D eigenvalue weighted by atomic mass is 16.4. The van der Waals surface area contributed by atoms with Crippen molar-refractivity contribution in [2.45, 2.75) is 0 Å². The molecule has 0 aromatic carbocycles. The average Bonchev–Trinajstić information content (AvgIpc) is 2.25. The molecule has 0 atom stereocenters. The minimum Gasteiger partial charge on any atom is -0.478 e. The van der Waals surface area contributed by atoms with Crippen molar-refractivity contribution in [1.29, 1.82) is 0 Å². The first-order valence-electron chi connectivity index (χ1n) is 4.73. The first-order valence-corrected chi connectivity index (χ1v) is 4.73. The van der Waals surface area contributed by atoms with Gasteiger partial charge >= 0.3 is 11.9 Å². The van der Waals surface area contributed by atoms with Gasteiger partial charge in [-0.1, -0.05) is 0 Å². The molecule has 0 bridgehead atoms. The summed E-state index contributed by atoms with van der Waals surface area (Å²) in [6.45, 7) is 0. The van der Waals surface area contributed by atoms with Crippen molar-refractivity contribution >= 4 is 18.0 Å². The molecule has 0 radical (unpaired) electrons. The van der Waals surface area contributed by atoms with E-state index in [2.05, 4.69) is 4.98 Å². The summed E-state index contributed by atoms with van der Waals surface area (Å²) in [6.07, 6.45) is 4.27. The quantitative estimate of drug-likeness (QED) is 0.810. The molecule has 6 heteroatoms. The summed E-state index contributed by atoms with van der Waals surface area (Å²) in [6, 6.07) is 1.09. The maximum atomic E-state index is 11.0. The summed E-state index contributed by atoms with van der Waals surface area (Å²) in [5.74, 6) is -2.41. The highest BCUT2D eigenvalue weighted by Crippen LogP contribution is 2.11. The minimum atomic E-state index is -1.21. The number of carbonyl (C=O) groups is 2. The molecule has 17 heavy (non-hydrogen) atoms. The lowest BCUT2D eigenvalue weighted by molar-refractivity contribution is 0.0695. The number of nitrogens with zero attached hydrogens (tertiary/aromatic N) is 2. The second kappa shape index (κ2) is 5.11. The predicted molar refractivity (Wildman–Crippen MR) is 60.9 cm³/mol. The number of aromatic nitrogens is 1. The number of rotatable bonds is 4. The van der Waals surface area contributed by atoms with Crippen LogP contribution in [-0.4, -0.2) is 46.1 Å². The van der Waals surface area contributed by atoms with Crippen LogP contribution in [0.2, 0.25) is 0 Å². The van der Waals surface area contributed by atoms with Crippen molar-refractivity contribution in [1.82, 2.24) is 9.88 Å². The van der Waals surface area contributed by atoms with Gasteiger partial charge in [0.15, 0.2) is 0 Å². The van der Waals surface area contributed by atoms with Gasteiger partial charge in [0.25, 0.3) is 0 Å². The van der Waals surface area contributed by atoms with Crippen LogP contribution < -0.4 is 0 Å². The topological polar surface area (TPSA) is 90.7 Å². The first kappa shape index (κ1) is 12.7. The normalized spacial score (nSPS) is 10.5. The van der Waals surface area contributed by atoms with Crippen molar-refractivity contribution in [3.8, 4) is 0 Å². The predicted octanol–water partition coefficient (Wildman–Crippen LogP) is 1.01. The van der Waals surface area contributed by atoms with E-state index in [9.17, 15) is 9.59 Å². The Morgan fingerprint density at radius 3 is 2.41 bits per heavy atom. The van der Waals surface area contributed by atoms with E-state index in [1.165, 1.54) is 6.08 Å². The number of aromatic carboxylic acids is 2. The SMILES string of the molecule is CN(C)/C=C/c1ncc(C(=O)O)cc1C(=O)O. The van der Waals surface area contributed by atoms with E-state index in [0.29, 0.717) is 0 Å². The number of pyridine rings is 1. The molecule has 1 aromatic rings. The molecule has 0 saturated heterocycles. The largest absolute Gasteiger partial charge is 0.478 e. The molecular weight excluding hydrogens is 224 g/mol. The summed E-state index contributed by atoms with van der Waals surface area (Å²) in [5, 5.41) is 17.7. The van der Waals surface area contributed by atoms with Crippen molar-refractivity contribution in [3.63, 3.8) is 0 Å². The smallest absolute Gasteiger partial charge is 0.337 e. The Morgan fingerprint density at radius 2 is 1.94 bits per heavy atom. The van der Waals surface area contributed by atoms with Gasteiger partial charge in [0.05, 0.1) is 16.8 Å². The van der Waals surface area contributed by atoms with Crippen molar-refractivity contribution in [3.05, 3.63) is 35.3 Å². The third-order valence-corrected chi connectivity index (χ3v) is 1.93. The van der Waals surface area contributed by atoms with E-state index in [1.807, 2.05) is 0 Å². The van der Waals surface area contributed by atoms with Gasteiger partial charge in [0.2, 0.25) is 0 Å². The Hall–Kier alpha value is -2.37. The fourth-order valence-corrected chi connectivity index (χ4v) is 1.12. The summed E-state index contributed by atoms with van der Waals surface area (Å²) in [7, 11) is 3.56. The molecule has 1 rings (SSSR count). The fraction of sp³-hybridized carbons (Fsp3) is 0.182. The molecule has 1 heterocycles. The first-order chi connectivity index (χ1) is 7.91. The van der Waals surface area contributed by atoms with Crippen LogP contribution >= 0.6 is 0 Å². The number of carboxylic acid groups (broad SMARTS) is 2. The summed E-state index contributed by atoms with van der Waals surface area (Å²) >= 11 is 0. The Bertz CT molecular complexity index is 480. The zero-order chi connectivity index (χ0) is 13.0. The maximum Gasteiger partial charge on any atom is 0.337 e. The van der Waals surface area contributed by atoms with E-state index < -0.39 is 11.9 Å². The van der Waals surface area contributed by atoms with Crippen LogP contribution in [0.15, 0.2) is 18.5 Å². The minimum absolute atomic E-state index is 0.136. The number of hydrogen-bond donors (Lipinski definition) is 2. The molecule has 90 valence electrons. The van der Waals surface area contributed by atoms with Crippen LogP contribution in [-0.2, 0) is 0 Å². The second-order valence-electron chi connectivity index (χ2n) is 3.55. The van der Waals surface area contributed by atoms with Gasteiger partial charge in [0, 0.05) is 26.5 Å². The van der Waals surface area contributed by atoms with Gasteiger partial charge < -0.3 is 15.1 Å². The molecule has 0 unspecified atom stereocenters. The number of hydrogen-bond acceptors (Lipinski definition) is 4. The van der Waals surface area contributed by atoms with E-state index in [4.69, 9.17) is 10.2 Å². The molecule has 2 N–H and O–H groups in total. The van der Waals surface area contributed by atoms with E-state index in [-0.39, 0.29) is 16.8 Å². The molecule has 0 aliphatic rings. The third kappa shape index (κ3) is 3.30. The van der Waals surface area contributed by atoms with Gasteiger partial charge in [-0.2, -0.15) is 0 Å². The number of carboxylic acids is 2. The van der Waals surface area contributed by atoms with Crippen LogP contribution in [0.5, 0.6) is 0 Å². The molecule has 0 spiro atoms. The van der Waals surface area contributed by atoms with Gasteiger partial charge in [-0.05, 0) is 12.1 Å². The Balaban J connectivity index is 3.22. The van der Waals surface area contributed by atoms with Crippen molar-refractivity contribution in [2.24, 2.45) is 0 Å². The molecular formula is C11H12N2O4. The lowest BCUT2D eigenvalue weighted by Crippen LogP contribution is -2.07. The van der Waals surface area contributed by atoms with Gasteiger partial charge in [-0.25, -0.2) is 9.59 Å². The van der Waals surface area contributed by atoms with Gasteiger partial charge in [-0.3, -0.25) is 4.98 Å². The van der Waals surface area contributed by atoms with E-state index >= 15 is 0 Å². The molecule has 0 aliphatic heterocycles. The Labute approximate surface area is 97.8 Å². The Morgan fingerprint density at radius 1 is 1.29 bits per heavy atom. The standard InChI is InChI=1S/C11H12N2O4/c1-13(2)4-3-9-8(11(16)17)5-7(6-12-9)10(14)15/h3-6H,1-2H3,(H,14,15)(H,16,17)/b4-3+. The van der Waals surface area contributed by atoms with Crippen molar-refractivity contribution < 1.29 is 19.8 Å². The van der Waals surface area contributed by atoms with Gasteiger partial charge in [-0.15, -0.1) is 0 Å². The summed E-state index contributed by atoms with van der Waals surface area (Å²) < 4.78 is 0. The molecule has 0 fully saturated rings. The molecule has 0 aliphatic carbocycles. The maximum absolute atomic E-state index is 11.0. The van der Waals surface area contributed by atoms with Crippen LogP contribution in [0.3, 0.4) is 0 Å². The third-order valence-electron chi connectivity index (χ3n) is 1.93. The van der Waals surface area contributed by atoms with Crippen LogP contribution in [0.25, 0.3) is 6.08 Å². The zero-order valence-corrected chi connectivity index (χ0v) is 9.41. The monoisotopic (exact) mass is 236 g/mol. The van der Waals surface area contributed by atoms with Crippen molar-refractivity contribution in [2.75, 3.05) is 14.1 Å². The van der Waals surface area contributed by atoms with Gasteiger partial charge in [0.1, 0.15) is 0 Å². The van der Waals surface area contributed by atoms with E-state index in [1.54, 1.807) is 25.2 Å². The fourth-order valence-electron chi connectivity index (χ4n) is 1.12. The lowest BCUT2D eigenvalue weighted by atomic mass is 10.1. The summed E-state index contributed by atoms with van der Waals surface area (Å²) in [5.41, 5.74) is -0.0661. The Kier molecular flexibility index (Phi) is 3.82. The lowest BCUT2D eigenvalue weighted by Gasteiger charge is -2.05. The highest BCUT2D eigenvalue weighted by molar-refractivity contribution is 5.95. The molecule has 6 nitrogen and oxygen atoms in total. The summed E-state index contributed by atoms with van der Waals surface area (Å²) in [4.78, 5) is 27.2. The average molecular weight is 236 g/mol. The second-order valence-corrected chi connectivity index (χ2v) is 3.55. The van der Waals surface area contributed by atoms with Crippen LogP contribution in [0, 0.1) is 0 Å². The highest BCUT2D eigenvalue weighted by Gasteiger charge is 2.13. The molecule has 0 saturated carbocycles. The molecule has 0 amide bonds. The van der Waals surface area contributed by atoms with E-state index in [0.717, 1.165) is 12.3 Å². The molecule has 1 aromatic heterocycles. The zero-order valence-electron chi connectivity index (χ0n) is 9.41.